The van der Waals surface area contributed by atoms with Crippen LogP contribution < -0.4 is 9.80 Å². The third kappa shape index (κ3) is 12.7. The molecule has 6 aromatic rings. The lowest BCUT2D eigenvalue weighted by atomic mass is 9.60. The van der Waals surface area contributed by atoms with Crippen molar-refractivity contribution >= 4 is 29.4 Å². The van der Waals surface area contributed by atoms with Crippen LogP contribution in [-0.4, -0.2) is 50.3 Å². The van der Waals surface area contributed by atoms with Crippen molar-refractivity contribution < 1.29 is 24.5 Å². The molecule has 0 aromatic heterocycles. The Balaban J connectivity index is 0.923. The number of carbonyl (C=O) groups is 2. The molecule has 2 aliphatic rings. The molecule has 0 spiro atoms. The van der Waals surface area contributed by atoms with Gasteiger partial charge in [-0.1, -0.05) is 154 Å². The first-order valence-corrected chi connectivity index (χ1v) is 27.6. The molecule has 2 aliphatic carbocycles. The van der Waals surface area contributed by atoms with E-state index in [2.05, 4.69) is 192 Å². The van der Waals surface area contributed by atoms with E-state index in [9.17, 15) is 19.8 Å². The fraction of sp³-hybridized carbons (Fsp3) is 0.400. The van der Waals surface area contributed by atoms with E-state index in [0.717, 1.165) is 61.6 Å². The zero-order chi connectivity index (χ0) is 55.8. The van der Waals surface area contributed by atoms with E-state index in [1.165, 1.54) is 55.9 Å². The van der Waals surface area contributed by atoms with E-state index in [0.29, 0.717) is 5.56 Å². The summed E-state index contributed by atoms with van der Waals surface area (Å²) in [7, 11) is 8.22. The van der Waals surface area contributed by atoms with Crippen LogP contribution in [0.2, 0.25) is 0 Å². The predicted molar refractivity (Wildman–Crippen MR) is 318 cm³/mol. The third-order valence-electron chi connectivity index (χ3n) is 16.9. The summed E-state index contributed by atoms with van der Waals surface area (Å²) in [5.41, 5.74) is 16.1. The summed E-state index contributed by atoms with van der Waals surface area (Å²) in [4.78, 5) is 30.7. The highest BCUT2D eigenvalue weighted by molar-refractivity contribution is 6.02. The Kier molecular flexibility index (Phi) is 16.1. The molecule has 6 aromatic carbocycles. The monoisotopic (exact) mass is 1030 g/mol. The van der Waals surface area contributed by atoms with Gasteiger partial charge in [0.2, 0.25) is 0 Å². The lowest BCUT2D eigenvalue weighted by Crippen LogP contribution is -2.36. The zero-order valence-electron chi connectivity index (χ0n) is 48.3. The SMILES string of the molecule is CN(C)c1ccc(CCc2cc(C(O)C#Cc3ccc(C(=O)OC(=O)c4ccc(C=CC(O)c5cc(CC(C)(C)c6ccc(N(C)C)cc6)c6c(c5)C(C)(C)CCC6(C)C)cc4)cc3)cc3c2C(C)(C)CCC3(C)C)cc1. The fourth-order valence-electron chi connectivity index (χ4n) is 11.8. The molecule has 0 radical (unpaired) electrons. The zero-order valence-corrected chi connectivity index (χ0v) is 48.3. The number of anilines is 2. The van der Waals surface area contributed by atoms with Crippen LogP contribution in [0.15, 0.2) is 127 Å². The van der Waals surface area contributed by atoms with E-state index >= 15 is 0 Å². The molecule has 8 rings (SSSR count). The van der Waals surface area contributed by atoms with Crippen molar-refractivity contribution in [3.63, 3.8) is 0 Å². The molecule has 402 valence electrons. The second-order valence-corrected chi connectivity index (χ2v) is 25.7. The number of hydrogen-bond donors (Lipinski definition) is 2. The van der Waals surface area contributed by atoms with Crippen molar-refractivity contribution in [2.24, 2.45) is 0 Å². The van der Waals surface area contributed by atoms with E-state index < -0.39 is 24.1 Å². The number of aliphatic hydroxyl groups is 2. The maximum Gasteiger partial charge on any atom is 0.346 e. The van der Waals surface area contributed by atoms with E-state index in [1.807, 2.05) is 6.08 Å². The van der Waals surface area contributed by atoms with Gasteiger partial charge in [-0.2, -0.15) is 0 Å². The normalized spacial score (nSPS) is 16.8. The summed E-state index contributed by atoms with van der Waals surface area (Å²) in [6.07, 6.45) is 8.67. The summed E-state index contributed by atoms with van der Waals surface area (Å²) in [6.45, 7) is 23.3. The van der Waals surface area contributed by atoms with Crippen molar-refractivity contribution in [1.82, 2.24) is 0 Å². The van der Waals surface area contributed by atoms with Gasteiger partial charge in [0.05, 0.1) is 17.2 Å². The average Bonchev–Trinajstić information content (AvgIpc) is 3.40. The largest absolute Gasteiger partial charge is 0.386 e. The van der Waals surface area contributed by atoms with Gasteiger partial charge < -0.3 is 24.7 Å². The molecule has 2 N–H and O–H groups in total. The minimum absolute atomic E-state index is 0.00464. The number of esters is 2. The number of carbonyl (C=O) groups excluding carboxylic acids is 2. The van der Waals surface area contributed by atoms with Crippen LogP contribution in [0.1, 0.15) is 195 Å². The molecule has 0 saturated heterocycles. The molecular weight excluding hydrogens is 949 g/mol. The van der Waals surface area contributed by atoms with Gasteiger partial charge in [-0.15, -0.1) is 0 Å². The Morgan fingerprint density at radius 1 is 0.597 bits per heavy atom. The molecule has 77 heavy (non-hydrogen) atoms. The van der Waals surface area contributed by atoms with Gasteiger partial charge >= 0.3 is 11.9 Å². The first-order chi connectivity index (χ1) is 36.1. The number of nitrogens with zero attached hydrogens (tertiary/aromatic N) is 2. The second kappa shape index (κ2) is 22.0. The average molecular weight is 1030 g/mol. The molecule has 0 amide bonds. The van der Waals surface area contributed by atoms with E-state index in [4.69, 9.17) is 4.74 Å². The van der Waals surface area contributed by atoms with Gasteiger partial charge in [0.15, 0.2) is 0 Å². The van der Waals surface area contributed by atoms with Crippen LogP contribution in [0.3, 0.4) is 0 Å². The van der Waals surface area contributed by atoms with Crippen LogP contribution in [0.4, 0.5) is 11.4 Å². The van der Waals surface area contributed by atoms with Crippen molar-refractivity contribution in [3.8, 4) is 11.8 Å². The molecule has 0 fully saturated rings. The van der Waals surface area contributed by atoms with Crippen LogP contribution in [0.5, 0.6) is 0 Å². The fourth-order valence-corrected chi connectivity index (χ4v) is 11.8. The number of aliphatic hydroxyl groups excluding tert-OH is 2. The lowest BCUT2D eigenvalue weighted by Gasteiger charge is -2.44. The first-order valence-electron chi connectivity index (χ1n) is 27.6. The Bertz CT molecular complexity index is 3210. The van der Waals surface area contributed by atoms with E-state index in [1.54, 1.807) is 54.6 Å². The van der Waals surface area contributed by atoms with Crippen molar-refractivity contribution in [2.75, 3.05) is 38.0 Å². The summed E-state index contributed by atoms with van der Waals surface area (Å²) >= 11 is 0. The van der Waals surface area contributed by atoms with Gasteiger partial charge in [-0.3, -0.25) is 0 Å². The van der Waals surface area contributed by atoms with Crippen molar-refractivity contribution in [2.45, 2.75) is 153 Å². The number of aryl methyl sites for hydroxylation is 2. The van der Waals surface area contributed by atoms with Gasteiger partial charge in [-0.05, 0) is 194 Å². The first kappa shape index (κ1) is 56.5. The summed E-state index contributed by atoms with van der Waals surface area (Å²) in [5, 5.41) is 23.4. The molecule has 0 bridgehead atoms. The summed E-state index contributed by atoms with van der Waals surface area (Å²) in [6, 6.07) is 39.7. The minimum Gasteiger partial charge on any atom is -0.386 e. The number of fused-ring (bicyclic) bond motifs is 2. The predicted octanol–water partition coefficient (Wildman–Crippen LogP) is 14.7. The molecule has 0 heterocycles. The van der Waals surface area contributed by atoms with Crippen LogP contribution in [0.25, 0.3) is 6.08 Å². The van der Waals surface area contributed by atoms with Crippen LogP contribution in [0, 0.1) is 11.8 Å². The second-order valence-electron chi connectivity index (χ2n) is 25.7. The highest BCUT2D eigenvalue weighted by Crippen LogP contribution is 2.50. The molecule has 0 aliphatic heterocycles. The molecule has 0 saturated carbocycles. The minimum atomic E-state index is -1.02. The maximum atomic E-state index is 13.2. The van der Waals surface area contributed by atoms with Gasteiger partial charge in [0.1, 0.15) is 6.10 Å². The van der Waals surface area contributed by atoms with Crippen LogP contribution >= 0.6 is 0 Å². The number of ether oxygens (including phenoxy) is 1. The Morgan fingerprint density at radius 3 is 1.60 bits per heavy atom. The standard InChI is InChI=1S/C70H82N2O5/c1-66(2)37-39-68(5,6)62-51(28-19-48-20-31-56(32-21-48)71(11)12)41-52(43-58(62)66)60(73)35-22-46-15-24-49(25-16-46)64(75)77-65(76)50-26-17-47(18-27-50)23-36-61(74)53-42-54(63-59(44-53)67(3,4)38-40-69(63,7)8)45-70(9,10)55-29-33-57(34-30-55)72(13)14/h15-18,20-21,23-27,29-34,36,41-44,60-61,73-74H,19,28,37-40,45H2,1-14H3. The molecule has 2 atom stereocenters. The number of rotatable bonds is 14. The van der Waals surface area contributed by atoms with Gasteiger partial charge in [-0.25, -0.2) is 9.59 Å². The molecular formula is C70H82N2O5. The number of benzene rings is 6. The lowest BCUT2D eigenvalue weighted by molar-refractivity contribution is 0.0397. The third-order valence-corrected chi connectivity index (χ3v) is 16.9. The molecule has 7 heteroatoms. The smallest absolute Gasteiger partial charge is 0.346 e. The Morgan fingerprint density at radius 2 is 1.06 bits per heavy atom. The van der Waals surface area contributed by atoms with Crippen molar-refractivity contribution in [3.05, 3.63) is 205 Å². The quantitative estimate of drug-likeness (QED) is 0.0638. The maximum absolute atomic E-state index is 13.2. The highest BCUT2D eigenvalue weighted by Gasteiger charge is 2.41. The van der Waals surface area contributed by atoms with Crippen LogP contribution in [-0.2, 0) is 51.1 Å². The Hall–Kier alpha value is -6.72. The van der Waals surface area contributed by atoms with Crippen molar-refractivity contribution in [1.29, 1.82) is 0 Å². The topological polar surface area (TPSA) is 90.3 Å². The Labute approximate surface area is 460 Å². The highest BCUT2D eigenvalue weighted by atomic mass is 16.6. The van der Waals surface area contributed by atoms with E-state index in [-0.39, 0.29) is 38.2 Å². The summed E-state index contributed by atoms with van der Waals surface area (Å²) in [5.74, 6) is 4.63. The van der Waals surface area contributed by atoms with Gasteiger partial charge in [0, 0.05) is 45.1 Å². The molecule has 2 unspecified atom stereocenters. The van der Waals surface area contributed by atoms with Gasteiger partial charge in [0.25, 0.3) is 0 Å². The number of hydrogen-bond acceptors (Lipinski definition) is 7. The molecule has 7 nitrogen and oxygen atoms in total. The summed E-state index contributed by atoms with van der Waals surface area (Å²) < 4.78 is 5.31.